The minimum Gasteiger partial charge on any atom is -0.491 e. The molecule has 0 unspecified atom stereocenters. The average Bonchev–Trinajstić information content (AvgIpc) is 3.03. The van der Waals surface area contributed by atoms with Crippen molar-refractivity contribution in [3.63, 3.8) is 0 Å². The van der Waals surface area contributed by atoms with Gasteiger partial charge in [0.2, 0.25) is 0 Å². The molecule has 0 bridgehead atoms. The van der Waals surface area contributed by atoms with Crippen LogP contribution >= 0.6 is 11.3 Å². The van der Waals surface area contributed by atoms with E-state index in [9.17, 15) is 5.26 Å². The van der Waals surface area contributed by atoms with Gasteiger partial charge in [-0.2, -0.15) is 5.26 Å². The monoisotopic (exact) mass is 394 g/mol. The van der Waals surface area contributed by atoms with Crippen LogP contribution in [0.1, 0.15) is 69.0 Å². The molecule has 0 spiro atoms. The molecule has 28 heavy (non-hydrogen) atoms. The summed E-state index contributed by atoms with van der Waals surface area (Å²) in [5, 5.41) is 10.5. The maximum absolute atomic E-state index is 9.70. The van der Waals surface area contributed by atoms with E-state index < -0.39 is 0 Å². The molecule has 3 nitrogen and oxygen atoms in total. The lowest BCUT2D eigenvalue weighted by atomic mass is 9.72. The quantitative estimate of drug-likeness (QED) is 0.530. The Morgan fingerprint density at radius 3 is 2.64 bits per heavy atom. The van der Waals surface area contributed by atoms with E-state index in [0.717, 1.165) is 47.6 Å². The number of hydrogen-bond acceptors (Lipinski definition) is 4. The van der Waals surface area contributed by atoms with Gasteiger partial charge >= 0.3 is 0 Å². The number of rotatable bonds is 5. The maximum atomic E-state index is 9.70. The fourth-order valence-corrected chi connectivity index (χ4v) is 4.82. The molecule has 1 aliphatic rings. The fourth-order valence-electron chi connectivity index (χ4n) is 3.60. The molecule has 0 saturated heterocycles. The van der Waals surface area contributed by atoms with Crippen molar-refractivity contribution in [2.24, 2.45) is 16.3 Å². The summed E-state index contributed by atoms with van der Waals surface area (Å²) in [5.41, 5.74) is 3.33. The van der Waals surface area contributed by atoms with Gasteiger partial charge in [-0.05, 0) is 79.3 Å². The normalized spacial score (nSPS) is 17.9. The third-order valence-corrected chi connectivity index (χ3v) is 6.87. The average molecular weight is 395 g/mol. The third-order valence-electron chi connectivity index (χ3n) is 5.71. The highest BCUT2D eigenvalue weighted by Crippen LogP contribution is 2.44. The zero-order valence-electron chi connectivity index (χ0n) is 17.6. The van der Waals surface area contributed by atoms with Crippen molar-refractivity contribution in [1.29, 1.82) is 5.26 Å². The Bertz CT molecular complexity index is 881. The molecule has 1 aromatic heterocycles. The molecule has 0 amide bonds. The van der Waals surface area contributed by atoms with Gasteiger partial charge in [-0.1, -0.05) is 27.7 Å². The lowest BCUT2D eigenvalue weighted by molar-refractivity contribution is 0.217. The molecule has 1 aromatic carbocycles. The summed E-state index contributed by atoms with van der Waals surface area (Å²) >= 11 is 1.70. The summed E-state index contributed by atoms with van der Waals surface area (Å²) in [4.78, 5) is 6.03. The van der Waals surface area contributed by atoms with Gasteiger partial charge in [0.05, 0.1) is 11.7 Å². The zero-order chi connectivity index (χ0) is 20.3. The lowest BCUT2D eigenvalue weighted by Crippen LogP contribution is -2.26. The molecular formula is C24H30N2OS. The van der Waals surface area contributed by atoms with Crippen LogP contribution in [0, 0.1) is 22.7 Å². The lowest BCUT2D eigenvalue weighted by Gasteiger charge is -2.33. The molecule has 1 heterocycles. The Hall–Kier alpha value is -2.12. The van der Waals surface area contributed by atoms with Crippen LogP contribution in [0.4, 0.5) is 5.00 Å². The van der Waals surface area contributed by atoms with E-state index in [1.165, 1.54) is 10.4 Å². The number of ether oxygens (including phenoxy) is 1. The molecule has 0 saturated carbocycles. The van der Waals surface area contributed by atoms with Crippen LogP contribution in [0.25, 0.3) is 0 Å². The van der Waals surface area contributed by atoms with Crippen LogP contribution < -0.4 is 4.74 Å². The van der Waals surface area contributed by atoms with E-state index in [2.05, 4.69) is 45.7 Å². The first-order valence-corrected chi connectivity index (χ1v) is 11.0. The molecule has 2 atom stereocenters. The predicted octanol–water partition coefficient (Wildman–Crippen LogP) is 6.70. The summed E-state index contributed by atoms with van der Waals surface area (Å²) < 4.78 is 5.82. The number of fused-ring (bicyclic) bond motifs is 1. The Kier molecular flexibility index (Phi) is 6.25. The number of nitrogens with zero attached hydrogens (tertiary/aromatic N) is 2. The first-order valence-electron chi connectivity index (χ1n) is 10.2. The highest BCUT2D eigenvalue weighted by atomic mass is 32.1. The minimum atomic E-state index is 0.215. The van der Waals surface area contributed by atoms with Gasteiger partial charge < -0.3 is 4.74 Å². The van der Waals surface area contributed by atoms with Crippen LogP contribution in [0.2, 0.25) is 0 Å². The first kappa shape index (κ1) is 20.6. The highest BCUT2D eigenvalue weighted by Gasteiger charge is 2.32. The van der Waals surface area contributed by atoms with Crippen molar-refractivity contribution in [2.45, 2.75) is 66.4 Å². The van der Waals surface area contributed by atoms with Crippen LogP contribution in [-0.4, -0.2) is 12.3 Å². The molecular weight excluding hydrogens is 364 g/mol. The highest BCUT2D eigenvalue weighted by molar-refractivity contribution is 7.16. The Labute approximate surface area is 173 Å². The summed E-state index contributed by atoms with van der Waals surface area (Å²) in [6, 6.07) is 10.4. The van der Waals surface area contributed by atoms with Crippen molar-refractivity contribution in [2.75, 3.05) is 0 Å². The topological polar surface area (TPSA) is 45.4 Å². The van der Waals surface area contributed by atoms with E-state index in [4.69, 9.17) is 4.74 Å². The first-order chi connectivity index (χ1) is 13.3. The van der Waals surface area contributed by atoms with Gasteiger partial charge in [-0.25, -0.2) is 4.99 Å². The number of benzene rings is 1. The molecule has 2 aromatic rings. The van der Waals surface area contributed by atoms with E-state index in [0.29, 0.717) is 11.3 Å². The van der Waals surface area contributed by atoms with E-state index >= 15 is 0 Å². The van der Waals surface area contributed by atoms with E-state index in [1.807, 2.05) is 30.5 Å². The molecule has 0 aliphatic heterocycles. The molecule has 1 aliphatic carbocycles. The Morgan fingerprint density at radius 2 is 2.04 bits per heavy atom. The number of aliphatic imine (C=N–C) groups is 1. The smallest absolute Gasteiger partial charge is 0.134 e. The van der Waals surface area contributed by atoms with Crippen molar-refractivity contribution in [1.82, 2.24) is 0 Å². The summed E-state index contributed by atoms with van der Waals surface area (Å²) in [7, 11) is 0. The second kappa shape index (κ2) is 8.49. The van der Waals surface area contributed by atoms with Crippen LogP contribution in [0.5, 0.6) is 5.75 Å². The zero-order valence-corrected chi connectivity index (χ0v) is 18.4. The van der Waals surface area contributed by atoms with Crippen molar-refractivity contribution in [3.8, 4) is 11.8 Å². The molecule has 0 radical (unpaired) electrons. The van der Waals surface area contributed by atoms with Gasteiger partial charge in [0.15, 0.2) is 0 Å². The summed E-state index contributed by atoms with van der Waals surface area (Å²) in [6.45, 7) is 11.1. The second-order valence-corrected chi connectivity index (χ2v) is 9.85. The van der Waals surface area contributed by atoms with Gasteiger partial charge in [-0.3, -0.25) is 0 Å². The SMILES string of the molecule is CC[C@H](C)Oc1ccc(C=Nc2sc3c(c2C#N)CC[C@H](C(C)(C)C)C3)cc1. The van der Waals surface area contributed by atoms with Crippen molar-refractivity contribution in [3.05, 3.63) is 45.8 Å². The fraction of sp³-hybridized carbons (Fsp3) is 0.500. The summed E-state index contributed by atoms with van der Waals surface area (Å²) in [5.74, 6) is 1.55. The van der Waals surface area contributed by atoms with Crippen LogP contribution in [0.15, 0.2) is 29.3 Å². The van der Waals surface area contributed by atoms with E-state index in [1.54, 1.807) is 11.3 Å². The number of nitriles is 1. The Balaban J connectivity index is 1.78. The maximum Gasteiger partial charge on any atom is 0.134 e. The standard InChI is InChI=1S/C24H30N2OS/c1-6-16(2)27-19-10-7-17(8-11-19)15-26-23-21(14-25)20-12-9-18(24(3,4)5)13-22(20)28-23/h7-8,10-11,15-16,18H,6,9,12-13H2,1-5H3/t16-,18-/m0/s1. The van der Waals surface area contributed by atoms with Gasteiger partial charge in [0.1, 0.15) is 16.8 Å². The molecule has 3 rings (SSSR count). The Morgan fingerprint density at radius 1 is 1.32 bits per heavy atom. The molecule has 148 valence electrons. The van der Waals surface area contributed by atoms with Crippen LogP contribution in [0.3, 0.4) is 0 Å². The predicted molar refractivity (Wildman–Crippen MR) is 118 cm³/mol. The van der Waals surface area contributed by atoms with Gasteiger partial charge in [-0.15, -0.1) is 11.3 Å². The van der Waals surface area contributed by atoms with Crippen molar-refractivity contribution >= 4 is 22.6 Å². The number of hydrogen-bond donors (Lipinski definition) is 0. The minimum absolute atomic E-state index is 0.215. The largest absolute Gasteiger partial charge is 0.491 e. The third kappa shape index (κ3) is 4.64. The second-order valence-electron chi connectivity index (χ2n) is 8.77. The summed E-state index contributed by atoms with van der Waals surface area (Å²) in [6.07, 6.45) is 6.27. The van der Waals surface area contributed by atoms with Gasteiger partial charge in [0.25, 0.3) is 0 Å². The number of thiophene rings is 1. The van der Waals surface area contributed by atoms with E-state index in [-0.39, 0.29) is 6.10 Å². The van der Waals surface area contributed by atoms with Gasteiger partial charge in [0, 0.05) is 11.1 Å². The molecule has 4 heteroatoms. The van der Waals surface area contributed by atoms with Crippen LogP contribution in [-0.2, 0) is 12.8 Å². The molecule has 0 fully saturated rings. The molecule has 0 N–H and O–H groups in total. The van der Waals surface area contributed by atoms with Crippen molar-refractivity contribution < 1.29 is 4.74 Å².